The van der Waals surface area contributed by atoms with E-state index in [4.69, 9.17) is 0 Å². The van der Waals surface area contributed by atoms with Gasteiger partial charge in [-0.15, -0.1) is 11.3 Å². The topological polar surface area (TPSA) is 87.5 Å². The number of rotatable bonds is 4. The Hall–Kier alpha value is -2.99. The van der Waals surface area contributed by atoms with Crippen LogP contribution in [0.15, 0.2) is 54.6 Å². The Morgan fingerprint density at radius 2 is 1.61 bits per heavy atom. The van der Waals surface area contributed by atoms with Crippen LogP contribution in [0.2, 0.25) is 0 Å². The van der Waals surface area contributed by atoms with Crippen molar-refractivity contribution in [1.82, 2.24) is 4.98 Å². The number of aromatic hydroxyl groups is 1. The lowest BCUT2D eigenvalue weighted by atomic mass is 10.1. The highest BCUT2D eigenvalue weighted by Gasteiger charge is 2.25. The number of benzene rings is 2. The lowest BCUT2D eigenvalue weighted by Crippen LogP contribution is -2.07. The standard InChI is InChI=1S/C17H11NO4S/c19-12-9-5-4-8-11(12)14(20)15-13(17(21)22)18-16(23-15)10-6-2-1-3-7-10/h1-9,19H,(H,21,22). The fourth-order valence-electron chi connectivity index (χ4n) is 2.11. The molecular formula is C17H11NO4S. The van der Waals surface area contributed by atoms with Crippen molar-refractivity contribution in [3.8, 4) is 16.3 Å². The molecule has 0 bridgehead atoms. The summed E-state index contributed by atoms with van der Waals surface area (Å²) in [6.07, 6.45) is 0. The minimum Gasteiger partial charge on any atom is -0.507 e. The number of aromatic nitrogens is 1. The molecule has 3 aromatic rings. The zero-order valence-corrected chi connectivity index (χ0v) is 12.6. The van der Waals surface area contributed by atoms with E-state index in [-0.39, 0.29) is 21.9 Å². The van der Waals surface area contributed by atoms with Gasteiger partial charge < -0.3 is 10.2 Å². The minimum atomic E-state index is -1.28. The van der Waals surface area contributed by atoms with Crippen molar-refractivity contribution in [3.63, 3.8) is 0 Å². The van der Waals surface area contributed by atoms with Gasteiger partial charge >= 0.3 is 5.97 Å². The molecule has 2 aromatic carbocycles. The van der Waals surface area contributed by atoms with E-state index >= 15 is 0 Å². The average molecular weight is 325 g/mol. The van der Waals surface area contributed by atoms with Gasteiger partial charge in [-0.2, -0.15) is 0 Å². The van der Waals surface area contributed by atoms with Crippen molar-refractivity contribution in [2.75, 3.05) is 0 Å². The van der Waals surface area contributed by atoms with Crippen molar-refractivity contribution >= 4 is 23.1 Å². The Morgan fingerprint density at radius 1 is 0.957 bits per heavy atom. The molecule has 3 rings (SSSR count). The number of hydrogen-bond acceptors (Lipinski definition) is 5. The van der Waals surface area contributed by atoms with Crippen molar-refractivity contribution in [2.45, 2.75) is 0 Å². The fraction of sp³-hybridized carbons (Fsp3) is 0. The molecule has 2 N–H and O–H groups in total. The first kappa shape index (κ1) is 14.9. The molecule has 0 spiro atoms. The first-order valence-electron chi connectivity index (χ1n) is 6.70. The molecule has 0 aliphatic heterocycles. The van der Waals surface area contributed by atoms with E-state index in [1.165, 1.54) is 12.1 Å². The fourth-order valence-corrected chi connectivity index (χ4v) is 3.13. The molecule has 1 aromatic heterocycles. The Balaban J connectivity index is 2.12. The van der Waals surface area contributed by atoms with E-state index < -0.39 is 11.8 Å². The lowest BCUT2D eigenvalue weighted by Gasteiger charge is -2.01. The van der Waals surface area contributed by atoms with Gasteiger partial charge in [-0.3, -0.25) is 4.79 Å². The number of nitrogens with zero attached hydrogens (tertiary/aromatic N) is 1. The molecule has 0 fully saturated rings. The van der Waals surface area contributed by atoms with E-state index in [1.54, 1.807) is 24.3 Å². The number of phenolic OH excluding ortho intramolecular Hbond substituents is 1. The summed E-state index contributed by atoms with van der Waals surface area (Å²) >= 11 is 1.000. The second-order valence-corrected chi connectivity index (χ2v) is 5.71. The number of carboxylic acids is 1. The third-order valence-corrected chi connectivity index (χ3v) is 4.31. The van der Waals surface area contributed by atoms with Gasteiger partial charge in [-0.25, -0.2) is 9.78 Å². The predicted octanol–water partition coefficient (Wildman–Crippen LogP) is 3.44. The molecule has 0 atom stereocenters. The molecule has 0 saturated heterocycles. The third kappa shape index (κ3) is 2.84. The van der Waals surface area contributed by atoms with Crippen LogP contribution in [-0.4, -0.2) is 26.9 Å². The van der Waals surface area contributed by atoms with Crippen LogP contribution in [0, 0.1) is 0 Å². The van der Waals surface area contributed by atoms with Crippen LogP contribution < -0.4 is 0 Å². The number of carboxylic acid groups (broad SMARTS) is 1. The first-order chi connectivity index (χ1) is 11.1. The lowest BCUT2D eigenvalue weighted by molar-refractivity contribution is 0.0687. The molecule has 23 heavy (non-hydrogen) atoms. The Morgan fingerprint density at radius 3 is 2.26 bits per heavy atom. The molecule has 5 nitrogen and oxygen atoms in total. The van der Waals surface area contributed by atoms with E-state index in [0.29, 0.717) is 5.01 Å². The SMILES string of the molecule is O=C(O)c1nc(-c2ccccc2)sc1C(=O)c1ccccc1O. The summed E-state index contributed by atoms with van der Waals surface area (Å²) in [5.74, 6) is -2.02. The van der Waals surface area contributed by atoms with E-state index in [1.807, 2.05) is 18.2 Å². The average Bonchev–Trinajstić information content (AvgIpc) is 3.01. The summed E-state index contributed by atoms with van der Waals surface area (Å²) in [5, 5.41) is 19.6. The van der Waals surface area contributed by atoms with Gasteiger partial charge in [0.2, 0.25) is 5.78 Å². The monoisotopic (exact) mass is 325 g/mol. The normalized spacial score (nSPS) is 10.4. The molecule has 0 radical (unpaired) electrons. The highest BCUT2D eigenvalue weighted by atomic mass is 32.1. The van der Waals surface area contributed by atoms with Crippen LogP contribution in [0.25, 0.3) is 10.6 Å². The van der Waals surface area contributed by atoms with Crippen LogP contribution in [0.1, 0.15) is 25.7 Å². The molecule has 0 saturated carbocycles. The molecule has 0 aliphatic rings. The second-order valence-electron chi connectivity index (χ2n) is 4.71. The maximum absolute atomic E-state index is 12.6. The molecule has 1 heterocycles. The molecule has 0 aliphatic carbocycles. The zero-order valence-electron chi connectivity index (χ0n) is 11.8. The van der Waals surface area contributed by atoms with E-state index in [0.717, 1.165) is 16.9 Å². The number of hydrogen-bond donors (Lipinski definition) is 2. The van der Waals surface area contributed by atoms with Crippen LogP contribution in [0.5, 0.6) is 5.75 Å². The van der Waals surface area contributed by atoms with Gasteiger partial charge in [0.1, 0.15) is 15.6 Å². The second kappa shape index (κ2) is 6.02. The van der Waals surface area contributed by atoms with Gasteiger partial charge in [0.25, 0.3) is 0 Å². The highest BCUT2D eigenvalue weighted by molar-refractivity contribution is 7.17. The number of carbonyl (C=O) groups is 2. The molecule has 6 heteroatoms. The van der Waals surface area contributed by atoms with Crippen molar-refractivity contribution in [1.29, 1.82) is 0 Å². The summed E-state index contributed by atoms with van der Waals surface area (Å²) in [7, 11) is 0. The molecule has 0 unspecified atom stereocenters. The van der Waals surface area contributed by atoms with Gasteiger partial charge in [-0.05, 0) is 12.1 Å². The molecule has 114 valence electrons. The number of aromatic carboxylic acids is 1. The van der Waals surface area contributed by atoms with E-state index in [2.05, 4.69) is 4.98 Å². The quantitative estimate of drug-likeness (QED) is 0.717. The number of thiazole rings is 1. The number of ketones is 1. The Bertz CT molecular complexity index is 887. The smallest absolute Gasteiger partial charge is 0.356 e. The summed E-state index contributed by atoms with van der Waals surface area (Å²) in [6.45, 7) is 0. The Kier molecular flexibility index (Phi) is 3.91. The van der Waals surface area contributed by atoms with Crippen molar-refractivity contribution in [3.05, 3.63) is 70.7 Å². The molecular weight excluding hydrogens is 314 g/mol. The first-order valence-corrected chi connectivity index (χ1v) is 7.52. The summed E-state index contributed by atoms with van der Waals surface area (Å²) < 4.78 is 0. The zero-order chi connectivity index (χ0) is 16.4. The molecule has 0 amide bonds. The summed E-state index contributed by atoms with van der Waals surface area (Å²) in [6, 6.07) is 15.1. The largest absolute Gasteiger partial charge is 0.507 e. The van der Waals surface area contributed by atoms with Crippen LogP contribution in [0.4, 0.5) is 0 Å². The van der Waals surface area contributed by atoms with Crippen molar-refractivity contribution in [2.24, 2.45) is 0 Å². The van der Waals surface area contributed by atoms with Gasteiger partial charge in [0.15, 0.2) is 5.69 Å². The maximum Gasteiger partial charge on any atom is 0.356 e. The van der Waals surface area contributed by atoms with Crippen LogP contribution in [-0.2, 0) is 0 Å². The predicted molar refractivity (Wildman–Crippen MR) is 86.0 cm³/mol. The van der Waals surface area contributed by atoms with Crippen LogP contribution in [0.3, 0.4) is 0 Å². The van der Waals surface area contributed by atoms with Gasteiger partial charge in [0.05, 0.1) is 5.56 Å². The summed E-state index contributed by atoms with van der Waals surface area (Å²) in [4.78, 5) is 28.1. The highest BCUT2D eigenvalue weighted by Crippen LogP contribution is 2.31. The van der Waals surface area contributed by atoms with Gasteiger partial charge in [0, 0.05) is 5.56 Å². The number of para-hydroxylation sites is 1. The maximum atomic E-state index is 12.6. The minimum absolute atomic E-state index is 0.00199. The van der Waals surface area contributed by atoms with E-state index in [9.17, 15) is 19.8 Å². The van der Waals surface area contributed by atoms with Crippen molar-refractivity contribution < 1.29 is 19.8 Å². The van der Waals surface area contributed by atoms with Crippen LogP contribution >= 0.6 is 11.3 Å². The number of phenols is 1. The van der Waals surface area contributed by atoms with Gasteiger partial charge in [-0.1, -0.05) is 42.5 Å². The third-order valence-electron chi connectivity index (χ3n) is 3.21. The number of carbonyl (C=O) groups excluding carboxylic acids is 1. The Labute approximate surface area is 135 Å². The summed E-state index contributed by atoms with van der Waals surface area (Å²) in [5.41, 5.74) is 0.483.